The summed E-state index contributed by atoms with van der Waals surface area (Å²) in [5, 5.41) is 23.7. The molecule has 2 aromatic rings. The molecule has 2 rings (SSSR count). The van der Waals surface area contributed by atoms with Crippen molar-refractivity contribution in [1.29, 1.82) is 0 Å². The number of amides is 1. The van der Waals surface area contributed by atoms with Crippen molar-refractivity contribution in [3.63, 3.8) is 0 Å². The Hall–Kier alpha value is -2.20. The van der Waals surface area contributed by atoms with Gasteiger partial charge in [-0.1, -0.05) is 11.6 Å². The van der Waals surface area contributed by atoms with E-state index in [9.17, 15) is 24.4 Å². The number of rotatable bonds is 5. The van der Waals surface area contributed by atoms with Crippen molar-refractivity contribution in [2.75, 3.05) is 18.4 Å². The Kier molecular flexibility index (Phi) is 6.10. The summed E-state index contributed by atoms with van der Waals surface area (Å²) in [6.07, 6.45) is -0.163. The molecule has 0 atom stereocenters. The molecule has 0 fully saturated rings. The highest BCUT2D eigenvalue weighted by molar-refractivity contribution is 9.10. The largest absolute Gasteiger partial charge is 0.465 e. The first-order valence-electron chi connectivity index (χ1n) is 7.80. The van der Waals surface area contributed by atoms with Crippen LogP contribution in [0.25, 0.3) is 10.9 Å². The van der Waals surface area contributed by atoms with Gasteiger partial charge in [-0.2, -0.15) is 0 Å². The fourth-order valence-corrected chi connectivity index (χ4v) is 3.06. The highest BCUT2D eigenvalue weighted by atomic mass is 79.9. The second-order valence-electron chi connectivity index (χ2n) is 6.69. The average Bonchev–Trinajstić information content (AvgIpc) is 2.54. The molecular weight excluding hydrogens is 447 g/mol. The van der Waals surface area contributed by atoms with Crippen molar-refractivity contribution in [2.24, 2.45) is 0 Å². The lowest BCUT2D eigenvalue weighted by molar-refractivity contribution is -0.384. The van der Waals surface area contributed by atoms with Gasteiger partial charge in [-0.15, -0.1) is 0 Å². The van der Waals surface area contributed by atoms with E-state index in [-0.39, 0.29) is 44.9 Å². The summed E-state index contributed by atoms with van der Waals surface area (Å²) in [6.45, 7) is 5.33. The maximum Gasteiger partial charge on any atom is 0.407 e. The molecule has 0 spiro atoms. The van der Waals surface area contributed by atoms with Crippen molar-refractivity contribution in [3.8, 4) is 0 Å². The molecule has 11 heteroatoms. The van der Waals surface area contributed by atoms with Crippen LogP contribution in [0.4, 0.5) is 20.6 Å². The third-order valence-corrected chi connectivity index (χ3v) is 5.15. The molecule has 146 valence electrons. The Morgan fingerprint density at radius 1 is 1.52 bits per heavy atom. The molecule has 27 heavy (non-hydrogen) atoms. The fraction of sp³-hybridized carbons (Fsp3) is 0.375. The van der Waals surface area contributed by atoms with Crippen molar-refractivity contribution in [2.45, 2.75) is 26.3 Å². The van der Waals surface area contributed by atoms with E-state index in [2.05, 4.69) is 26.2 Å². The molecule has 0 aliphatic heterocycles. The van der Waals surface area contributed by atoms with Crippen LogP contribution in [0.15, 0.2) is 16.7 Å². The zero-order valence-corrected chi connectivity index (χ0v) is 17.1. The van der Waals surface area contributed by atoms with Crippen LogP contribution in [-0.2, 0) is 0 Å². The summed E-state index contributed by atoms with van der Waals surface area (Å²) in [5.41, 5.74) is -1.08. The zero-order chi connectivity index (χ0) is 20.5. The Morgan fingerprint density at radius 2 is 2.15 bits per heavy atom. The van der Waals surface area contributed by atoms with E-state index in [0.29, 0.717) is 0 Å². The number of hydrogen-bond acceptors (Lipinski definition) is 5. The molecule has 0 saturated carbocycles. The van der Waals surface area contributed by atoms with Crippen LogP contribution in [0.3, 0.4) is 0 Å². The number of carbonyl (C=O) groups is 1. The number of benzene rings is 1. The SMILES string of the molecule is CC(C)(C)N(CCNc1c([N+](=O)[O-])cnc2c(F)c(Br)c(Cl)cc12)C(=O)O. The molecule has 0 bridgehead atoms. The smallest absolute Gasteiger partial charge is 0.407 e. The van der Waals surface area contributed by atoms with Crippen LogP contribution >= 0.6 is 27.5 Å². The Labute approximate surface area is 167 Å². The molecule has 0 unspecified atom stereocenters. The van der Waals surface area contributed by atoms with Gasteiger partial charge in [0.05, 0.1) is 14.4 Å². The van der Waals surface area contributed by atoms with Crippen LogP contribution in [0.2, 0.25) is 5.02 Å². The number of nitrogens with zero attached hydrogens (tertiary/aromatic N) is 3. The van der Waals surface area contributed by atoms with Crippen molar-refractivity contribution < 1.29 is 19.2 Å². The number of fused-ring (bicyclic) bond motifs is 1. The van der Waals surface area contributed by atoms with Gasteiger partial charge in [-0.05, 0) is 42.8 Å². The topological polar surface area (TPSA) is 109 Å². The van der Waals surface area contributed by atoms with E-state index >= 15 is 0 Å². The van der Waals surface area contributed by atoms with Gasteiger partial charge in [-0.3, -0.25) is 10.1 Å². The molecule has 0 saturated heterocycles. The van der Waals surface area contributed by atoms with Crippen LogP contribution in [0.5, 0.6) is 0 Å². The van der Waals surface area contributed by atoms with Crippen LogP contribution < -0.4 is 5.32 Å². The van der Waals surface area contributed by atoms with Gasteiger partial charge in [0.1, 0.15) is 17.4 Å². The van der Waals surface area contributed by atoms with Gasteiger partial charge in [0.2, 0.25) is 0 Å². The van der Waals surface area contributed by atoms with E-state index in [1.54, 1.807) is 20.8 Å². The molecule has 8 nitrogen and oxygen atoms in total. The van der Waals surface area contributed by atoms with Crippen molar-refractivity contribution in [3.05, 3.63) is 37.7 Å². The second-order valence-corrected chi connectivity index (χ2v) is 7.89. The molecular formula is C16H17BrClFN4O4. The van der Waals surface area contributed by atoms with Gasteiger partial charge < -0.3 is 15.3 Å². The molecule has 0 radical (unpaired) electrons. The number of aromatic nitrogens is 1. The van der Waals surface area contributed by atoms with Gasteiger partial charge in [-0.25, -0.2) is 14.2 Å². The predicted molar refractivity (Wildman–Crippen MR) is 104 cm³/mol. The number of nitrogens with one attached hydrogen (secondary N) is 1. The summed E-state index contributed by atoms with van der Waals surface area (Å²) >= 11 is 8.99. The third-order valence-electron chi connectivity index (χ3n) is 3.85. The van der Waals surface area contributed by atoms with Crippen LogP contribution in [0.1, 0.15) is 20.8 Å². The number of halogens is 3. The van der Waals surface area contributed by atoms with Gasteiger partial charge in [0.15, 0.2) is 5.82 Å². The minimum Gasteiger partial charge on any atom is -0.465 e. The molecule has 1 heterocycles. The van der Waals surface area contributed by atoms with Gasteiger partial charge in [0.25, 0.3) is 0 Å². The Bertz CT molecular complexity index is 920. The summed E-state index contributed by atoms with van der Waals surface area (Å²) in [7, 11) is 0. The average molecular weight is 464 g/mol. The van der Waals surface area contributed by atoms with E-state index in [0.717, 1.165) is 6.20 Å². The van der Waals surface area contributed by atoms with Crippen molar-refractivity contribution in [1.82, 2.24) is 9.88 Å². The van der Waals surface area contributed by atoms with E-state index < -0.39 is 22.4 Å². The molecule has 2 N–H and O–H groups in total. The highest BCUT2D eigenvalue weighted by Gasteiger charge is 2.26. The third kappa shape index (κ3) is 4.38. The Morgan fingerprint density at radius 3 is 2.67 bits per heavy atom. The second kappa shape index (κ2) is 7.81. The van der Waals surface area contributed by atoms with E-state index in [1.807, 2.05) is 0 Å². The fourth-order valence-electron chi connectivity index (χ4n) is 2.57. The van der Waals surface area contributed by atoms with Crippen molar-refractivity contribution >= 4 is 55.9 Å². The maximum absolute atomic E-state index is 14.4. The van der Waals surface area contributed by atoms with Gasteiger partial charge >= 0.3 is 11.8 Å². The lowest BCUT2D eigenvalue weighted by Gasteiger charge is -2.33. The molecule has 0 aliphatic carbocycles. The van der Waals surface area contributed by atoms with E-state index in [4.69, 9.17) is 11.6 Å². The minimum absolute atomic E-state index is 0.00811. The zero-order valence-electron chi connectivity index (χ0n) is 14.7. The number of nitro groups is 1. The number of hydrogen-bond donors (Lipinski definition) is 2. The monoisotopic (exact) mass is 462 g/mol. The quantitative estimate of drug-likeness (QED) is 0.371. The minimum atomic E-state index is -1.11. The number of anilines is 1. The Balaban J connectivity index is 2.45. The van der Waals surface area contributed by atoms with Crippen LogP contribution in [-0.4, -0.2) is 44.6 Å². The summed E-state index contributed by atoms with van der Waals surface area (Å²) < 4.78 is 14.4. The number of carboxylic acid groups (broad SMARTS) is 1. The first-order chi connectivity index (χ1) is 12.4. The lowest BCUT2D eigenvalue weighted by Crippen LogP contribution is -2.47. The molecule has 1 aromatic carbocycles. The van der Waals surface area contributed by atoms with Gasteiger partial charge in [0, 0.05) is 24.0 Å². The molecule has 1 aromatic heterocycles. The first-order valence-corrected chi connectivity index (χ1v) is 8.97. The summed E-state index contributed by atoms with van der Waals surface area (Å²) in [4.78, 5) is 27.1. The lowest BCUT2D eigenvalue weighted by atomic mass is 10.1. The standard InChI is InChI=1S/C16H17BrClFN4O4/c1-16(2,3)22(15(24)25)5-4-20-13-8-6-9(18)11(17)12(19)14(8)21-7-10(13)23(26)27/h6-7H,4-5H2,1-3H3,(H,20,21)(H,24,25). The molecule has 1 amide bonds. The summed E-state index contributed by atoms with van der Waals surface area (Å²) in [5.74, 6) is -0.739. The van der Waals surface area contributed by atoms with E-state index in [1.165, 1.54) is 11.0 Å². The summed E-state index contributed by atoms with van der Waals surface area (Å²) in [6, 6.07) is 1.37. The predicted octanol–water partition coefficient (Wildman–Crippen LogP) is 4.89. The highest BCUT2D eigenvalue weighted by Crippen LogP contribution is 2.38. The molecule has 0 aliphatic rings. The normalized spacial score (nSPS) is 11.5. The maximum atomic E-state index is 14.4. The first kappa shape index (κ1) is 21.1. The van der Waals surface area contributed by atoms with Crippen LogP contribution in [0, 0.1) is 15.9 Å². The number of pyridine rings is 1.